The van der Waals surface area contributed by atoms with Gasteiger partial charge in [-0.15, -0.1) is 0 Å². The van der Waals surface area contributed by atoms with Crippen molar-refractivity contribution in [2.24, 2.45) is 5.92 Å². The first kappa shape index (κ1) is 21.0. The van der Waals surface area contributed by atoms with E-state index in [0.717, 1.165) is 59.3 Å². The zero-order valence-corrected chi connectivity index (χ0v) is 18.9. The predicted molar refractivity (Wildman–Crippen MR) is 127 cm³/mol. The van der Waals surface area contributed by atoms with Crippen LogP contribution in [0.3, 0.4) is 0 Å². The number of rotatable bonds is 6. The molecule has 0 bridgehead atoms. The Labute approximate surface area is 187 Å². The van der Waals surface area contributed by atoms with Crippen LogP contribution in [0.25, 0.3) is 27.8 Å². The highest BCUT2D eigenvalue weighted by Crippen LogP contribution is 2.38. The molecule has 4 N–H and O–H groups in total. The van der Waals surface area contributed by atoms with Gasteiger partial charge in [0.15, 0.2) is 0 Å². The molecule has 0 spiro atoms. The van der Waals surface area contributed by atoms with E-state index in [0.29, 0.717) is 24.2 Å². The number of aromatic amines is 1. The van der Waals surface area contributed by atoms with Crippen LogP contribution in [0.5, 0.6) is 0 Å². The lowest BCUT2D eigenvalue weighted by atomic mass is 9.81. The van der Waals surface area contributed by atoms with Crippen molar-refractivity contribution in [3.8, 4) is 11.4 Å². The van der Waals surface area contributed by atoms with Gasteiger partial charge in [-0.1, -0.05) is 18.2 Å². The van der Waals surface area contributed by atoms with Crippen LogP contribution >= 0.6 is 0 Å². The van der Waals surface area contributed by atoms with Gasteiger partial charge in [0.25, 0.3) is 0 Å². The molecule has 0 unspecified atom stereocenters. The molecule has 1 fully saturated rings. The SMILES string of the molecule is CCS(=O)(=O)NCC1CCC(c2nc(-c3cc4ccccc4[nH]3)c3c(N)nccn23)CC1. The molecule has 32 heavy (non-hydrogen) atoms. The van der Waals surface area contributed by atoms with E-state index < -0.39 is 10.0 Å². The minimum atomic E-state index is -3.15. The molecule has 3 heterocycles. The molecule has 3 aromatic heterocycles. The summed E-state index contributed by atoms with van der Waals surface area (Å²) in [5, 5.41) is 1.13. The van der Waals surface area contributed by atoms with Gasteiger partial charge < -0.3 is 10.7 Å². The van der Waals surface area contributed by atoms with Crippen LogP contribution in [0.1, 0.15) is 44.3 Å². The average molecular weight is 453 g/mol. The number of nitrogens with one attached hydrogen (secondary N) is 2. The summed E-state index contributed by atoms with van der Waals surface area (Å²) in [6, 6.07) is 10.3. The molecule has 5 rings (SSSR count). The summed E-state index contributed by atoms with van der Waals surface area (Å²) < 4.78 is 28.3. The number of nitrogens with two attached hydrogens (primary N) is 1. The lowest BCUT2D eigenvalue weighted by Gasteiger charge is -2.27. The summed E-state index contributed by atoms with van der Waals surface area (Å²) in [6.07, 6.45) is 7.51. The van der Waals surface area contributed by atoms with Gasteiger partial charge in [0.1, 0.15) is 22.9 Å². The zero-order valence-electron chi connectivity index (χ0n) is 18.1. The first-order chi connectivity index (χ1) is 15.4. The quantitative estimate of drug-likeness (QED) is 0.412. The molecule has 0 atom stereocenters. The fourth-order valence-corrected chi connectivity index (χ4v) is 5.43. The first-order valence-corrected chi connectivity index (χ1v) is 12.8. The lowest BCUT2D eigenvalue weighted by molar-refractivity contribution is 0.318. The maximum Gasteiger partial charge on any atom is 0.211 e. The topological polar surface area (TPSA) is 118 Å². The number of nitrogens with zero attached hydrogens (tertiary/aromatic N) is 3. The van der Waals surface area contributed by atoms with Crippen molar-refractivity contribution in [2.75, 3.05) is 18.0 Å². The maximum absolute atomic E-state index is 11.8. The lowest BCUT2D eigenvalue weighted by Crippen LogP contribution is -2.32. The molecule has 1 aliphatic rings. The van der Waals surface area contributed by atoms with E-state index in [-0.39, 0.29) is 5.75 Å². The number of hydrogen-bond donors (Lipinski definition) is 3. The van der Waals surface area contributed by atoms with E-state index in [1.807, 2.05) is 24.4 Å². The molecule has 1 aromatic carbocycles. The van der Waals surface area contributed by atoms with Gasteiger partial charge in [-0.05, 0) is 50.7 Å². The normalized spacial score (nSPS) is 19.7. The highest BCUT2D eigenvalue weighted by Gasteiger charge is 2.28. The van der Waals surface area contributed by atoms with Gasteiger partial charge in [0.2, 0.25) is 10.0 Å². The van der Waals surface area contributed by atoms with Gasteiger partial charge in [-0.3, -0.25) is 4.40 Å². The van der Waals surface area contributed by atoms with Crippen molar-refractivity contribution >= 4 is 32.3 Å². The van der Waals surface area contributed by atoms with Gasteiger partial charge in [-0.2, -0.15) is 0 Å². The highest BCUT2D eigenvalue weighted by atomic mass is 32.2. The van der Waals surface area contributed by atoms with Crippen LogP contribution in [0.15, 0.2) is 42.7 Å². The number of anilines is 1. The second kappa shape index (κ2) is 8.22. The van der Waals surface area contributed by atoms with Crippen LogP contribution in [0.4, 0.5) is 5.82 Å². The average Bonchev–Trinajstić information content (AvgIpc) is 3.40. The maximum atomic E-state index is 11.8. The number of H-pyrrole nitrogens is 1. The first-order valence-electron chi connectivity index (χ1n) is 11.1. The highest BCUT2D eigenvalue weighted by molar-refractivity contribution is 7.89. The number of nitrogen functional groups attached to an aromatic ring is 1. The standard InChI is InChI=1S/C23H28N6O2S/c1-2-32(30,31)26-14-15-7-9-16(10-8-15)23-28-20(21-22(24)25-11-12-29(21)23)19-13-17-5-3-4-6-18(17)27-19/h3-6,11-13,15-16,26-27H,2,7-10,14H2,1H3,(H2,24,25). The molecule has 8 nitrogen and oxygen atoms in total. The minimum Gasteiger partial charge on any atom is -0.382 e. The summed E-state index contributed by atoms with van der Waals surface area (Å²) in [5.41, 5.74) is 9.93. The Balaban J connectivity index is 1.44. The van der Waals surface area contributed by atoms with Gasteiger partial charge in [-0.25, -0.2) is 23.1 Å². The van der Waals surface area contributed by atoms with Crippen LogP contribution in [0.2, 0.25) is 0 Å². The largest absolute Gasteiger partial charge is 0.382 e. The Hall–Kier alpha value is -2.91. The number of sulfonamides is 1. The number of imidazole rings is 1. The molecule has 0 saturated heterocycles. The minimum absolute atomic E-state index is 0.119. The van der Waals surface area contributed by atoms with E-state index in [1.54, 1.807) is 13.1 Å². The van der Waals surface area contributed by atoms with Crippen LogP contribution in [0, 0.1) is 5.92 Å². The third-order valence-electron chi connectivity index (χ3n) is 6.58. The van der Waals surface area contributed by atoms with Crippen molar-refractivity contribution in [3.05, 3.63) is 48.5 Å². The van der Waals surface area contributed by atoms with E-state index in [9.17, 15) is 8.42 Å². The summed E-state index contributed by atoms with van der Waals surface area (Å²) >= 11 is 0. The molecule has 168 valence electrons. The van der Waals surface area contributed by atoms with Crippen LogP contribution in [-0.2, 0) is 10.0 Å². The summed E-state index contributed by atoms with van der Waals surface area (Å²) in [5.74, 6) is 2.23. The Morgan fingerprint density at radius 3 is 2.75 bits per heavy atom. The van der Waals surface area contributed by atoms with Gasteiger partial charge in [0, 0.05) is 35.8 Å². The smallest absolute Gasteiger partial charge is 0.211 e. The molecule has 0 radical (unpaired) electrons. The van der Waals surface area contributed by atoms with Crippen molar-refractivity contribution in [1.29, 1.82) is 0 Å². The Morgan fingerprint density at radius 2 is 2.00 bits per heavy atom. The number of aromatic nitrogens is 4. The number of hydrogen-bond acceptors (Lipinski definition) is 5. The summed E-state index contributed by atoms with van der Waals surface area (Å²) in [4.78, 5) is 12.8. The summed E-state index contributed by atoms with van der Waals surface area (Å²) in [7, 11) is -3.15. The molecular weight excluding hydrogens is 424 g/mol. The van der Waals surface area contributed by atoms with Crippen molar-refractivity contribution in [1.82, 2.24) is 24.1 Å². The predicted octanol–water partition coefficient (Wildman–Crippen LogP) is 3.67. The molecule has 0 amide bonds. The second-order valence-electron chi connectivity index (χ2n) is 8.59. The van der Waals surface area contributed by atoms with E-state index in [2.05, 4.69) is 31.2 Å². The van der Waals surface area contributed by atoms with Crippen molar-refractivity contribution < 1.29 is 8.42 Å². The summed E-state index contributed by atoms with van der Waals surface area (Å²) in [6.45, 7) is 2.18. The van der Waals surface area contributed by atoms with Crippen molar-refractivity contribution in [2.45, 2.75) is 38.5 Å². The van der Waals surface area contributed by atoms with E-state index in [1.165, 1.54) is 0 Å². The van der Waals surface area contributed by atoms with E-state index in [4.69, 9.17) is 10.7 Å². The molecule has 9 heteroatoms. The second-order valence-corrected chi connectivity index (χ2v) is 10.7. The fourth-order valence-electron chi connectivity index (χ4n) is 4.74. The van der Waals surface area contributed by atoms with E-state index >= 15 is 0 Å². The Bertz CT molecular complexity index is 1330. The van der Waals surface area contributed by atoms with Gasteiger partial charge >= 0.3 is 0 Å². The van der Waals surface area contributed by atoms with Gasteiger partial charge in [0.05, 0.1) is 11.4 Å². The Morgan fingerprint density at radius 1 is 1.22 bits per heavy atom. The number of benzene rings is 1. The Kier molecular flexibility index (Phi) is 5.38. The molecule has 1 aliphatic carbocycles. The fraction of sp³-hybridized carbons (Fsp3) is 0.391. The molecule has 1 saturated carbocycles. The third kappa shape index (κ3) is 3.86. The zero-order chi connectivity index (χ0) is 22.3. The van der Waals surface area contributed by atoms with Crippen LogP contribution < -0.4 is 10.5 Å². The molecule has 4 aromatic rings. The van der Waals surface area contributed by atoms with Crippen LogP contribution in [-0.4, -0.2) is 40.1 Å². The molecular formula is C23H28N6O2S. The molecule has 0 aliphatic heterocycles. The monoisotopic (exact) mass is 452 g/mol. The van der Waals surface area contributed by atoms with Crippen molar-refractivity contribution in [3.63, 3.8) is 0 Å². The number of para-hydroxylation sites is 1. The third-order valence-corrected chi connectivity index (χ3v) is 7.95. The number of fused-ring (bicyclic) bond motifs is 2.